The topological polar surface area (TPSA) is 62.3 Å². The molecule has 29 heavy (non-hydrogen) atoms. The van der Waals surface area contributed by atoms with Gasteiger partial charge in [0.15, 0.2) is 0 Å². The van der Waals surface area contributed by atoms with Crippen molar-refractivity contribution in [2.24, 2.45) is 0 Å². The minimum absolute atomic E-state index is 0.156. The second-order valence-electron chi connectivity index (χ2n) is 7.30. The fourth-order valence-corrected chi connectivity index (χ4v) is 4.54. The summed E-state index contributed by atoms with van der Waals surface area (Å²) in [5.41, 5.74) is 2.52. The molecular formula is C22H20ClN3O2S. The maximum absolute atomic E-state index is 13.1. The van der Waals surface area contributed by atoms with Gasteiger partial charge in [0.2, 0.25) is 0 Å². The molecule has 0 bridgehead atoms. The van der Waals surface area contributed by atoms with E-state index in [9.17, 15) is 9.59 Å². The Kier molecular flexibility index (Phi) is 5.15. The van der Waals surface area contributed by atoms with Crippen molar-refractivity contribution in [1.82, 2.24) is 15.2 Å². The van der Waals surface area contributed by atoms with Crippen LogP contribution in [-0.4, -0.2) is 21.8 Å². The minimum Gasteiger partial charge on any atom is -0.319 e. The molecule has 0 aliphatic carbocycles. The number of imide groups is 1. The zero-order valence-corrected chi connectivity index (χ0v) is 17.7. The van der Waals surface area contributed by atoms with Gasteiger partial charge in [-0.15, -0.1) is 11.3 Å². The molecular weight excluding hydrogens is 406 g/mol. The Morgan fingerprint density at radius 2 is 1.86 bits per heavy atom. The normalized spacial score (nSPS) is 18.9. The Hall–Kier alpha value is -2.70. The first-order valence-corrected chi connectivity index (χ1v) is 10.5. The Morgan fingerprint density at radius 3 is 2.59 bits per heavy atom. The maximum atomic E-state index is 13.1. The third-order valence-electron chi connectivity index (χ3n) is 5.15. The summed E-state index contributed by atoms with van der Waals surface area (Å²) >= 11 is 7.45. The van der Waals surface area contributed by atoms with Gasteiger partial charge >= 0.3 is 6.03 Å². The number of carbonyl (C=O) groups is 2. The monoisotopic (exact) mass is 425 g/mol. The molecule has 3 aromatic rings. The average molecular weight is 426 g/mol. The molecule has 148 valence electrons. The van der Waals surface area contributed by atoms with Crippen LogP contribution in [0.2, 0.25) is 5.02 Å². The summed E-state index contributed by atoms with van der Waals surface area (Å²) in [5, 5.41) is 6.38. The molecule has 1 N–H and O–H groups in total. The number of aromatic nitrogens is 1. The molecule has 1 atom stereocenters. The highest BCUT2D eigenvalue weighted by molar-refractivity contribution is 7.09. The van der Waals surface area contributed by atoms with Crippen LogP contribution < -0.4 is 5.32 Å². The lowest BCUT2D eigenvalue weighted by atomic mass is 9.88. The van der Waals surface area contributed by atoms with E-state index in [1.54, 1.807) is 6.92 Å². The summed E-state index contributed by atoms with van der Waals surface area (Å²) in [7, 11) is 0. The Balaban J connectivity index is 1.51. The summed E-state index contributed by atoms with van der Waals surface area (Å²) < 4.78 is 0. The first-order chi connectivity index (χ1) is 13.9. The van der Waals surface area contributed by atoms with Crippen molar-refractivity contribution in [3.8, 4) is 0 Å². The van der Waals surface area contributed by atoms with Crippen LogP contribution in [0, 0.1) is 6.92 Å². The highest BCUT2D eigenvalue weighted by atomic mass is 35.5. The molecule has 7 heteroatoms. The van der Waals surface area contributed by atoms with Gasteiger partial charge in [-0.25, -0.2) is 9.78 Å². The van der Waals surface area contributed by atoms with Crippen molar-refractivity contribution in [3.05, 3.63) is 86.3 Å². The number of hydrogen-bond donors (Lipinski definition) is 1. The molecule has 2 aromatic carbocycles. The van der Waals surface area contributed by atoms with Crippen LogP contribution in [0.5, 0.6) is 0 Å². The molecule has 1 unspecified atom stereocenters. The smallest absolute Gasteiger partial charge is 0.319 e. The molecule has 1 aromatic heterocycles. The number of aryl methyl sites for hydroxylation is 1. The number of amides is 3. The van der Waals surface area contributed by atoms with E-state index in [2.05, 4.69) is 10.3 Å². The second kappa shape index (κ2) is 7.61. The molecule has 1 fully saturated rings. The predicted octanol–water partition coefficient (Wildman–Crippen LogP) is 4.66. The number of benzene rings is 2. The number of halogens is 1. The van der Waals surface area contributed by atoms with Crippen LogP contribution in [0.3, 0.4) is 0 Å². The molecule has 3 amide bonds. The zero-order chi connectivity index (χ0) is 20.6. The first-order valence-electron chi connectivity index (χ1n) is 9.25. The SMILES string of the molecule is Cc1ccccc1C1(C)NC(=O)N(Cc2csc(Cc3ccc(Cl)cc3)n2)C1=O. The highest BCUT2D eigenvalue weighted by Gasteiger charge is 2.49. The van der Waals surface area contributed by atoms with E-state index >= 15 is 0 Å². The number of hydrogen-bond acceptors (Lipinski definition) is 4. The molecule has 0 saturated carbocycles. The van der Waals surface area contributed by atoms with Crippen molar-refractivity contribution in [2.45, 2.75) is 32.4 Å². The second-order valence-corrected chi connectivity index (χ2v) is 8.68. The Labute approximate surface area is 178 Å². The van der Waals surface area contributed by atoms with Gasteiger partial charge in [-0.2, -0.15) is 0 Å². The number of rotatable bonds is 5. The van der Waals surface area contributed by atoms with E-state index in [0.717, 1.165) is 21.7 Å². The number of nitrogens with one attached hydrogen (secondary N) is 1. The quantitative estimate of drug-likeness (QED) is 0.604. The van der Waals surface area contributed by atoms with Crippen LogP contribution in [0.1, 0.15) is 34.3 Å². The van der Waals surface area contributed by atoms with E-state index in [1.165, 1.54) is 16.2 Å². The van der Waals surface area contributed by atoms with E-state index in [0.29, 0.717) is 17.1 Å². The van der Waals surface area contributed by atoms with Crippen LogP contribution in [-0.2, 0) is 23.3 Å². The lowest BCUT2D eigenvalue weighted by Gasteiger charge is -2.24. The molecule has 4 rings (SSSR count). The first kappa shape index (κ1) is 19.6. The summed E-state index contributed by atoms with van der Waals surface area (Å²) in [6.45, 7) is 3.85. The molecule has 0 spiro atoms. The van der Waals surface area contributed by atoms with Crippen LogP contribution in [0.15, 0.2) is 53.9 Å². The van der Waals surface area contributed by atoms with Gasteiger partial charge in [0, 0.05) is 16.8 Å². The van der Waals surface area contributed by atoms with Gasteiger partial charge in [-0.05, 0) is 42.7 Å². The standard InChI is InChI=1S/C22H20ClN3O2S/c1-14-5-3-4-6-18(14)22(2)20(27)26(21(28)25-22)12-17-13-29-19(24-17)11-15-7-9-16(23)10-8-15/h3-10,13H,11-12H2,1-2H3,(H,25,28). The van der Waals surface area contributed by atoms with Crippen molar-refractivity contribution >= 4 is 34.9 Å². The zero-order valence-electron chi connectivity index (χ0n) is 16.1. The van der Waals surface area contributed by atoms with Crippen molar-refractivity contribution in [2.75, 3.05) is 0 Å². The fraction of sp³-hybridized carbons (Fsp3) is 0.227. The molecule has 2 heterocycles. The average Bonchev–Trinajstić information content (AvgIpc) is 3.22. The molecule has 1 aliphatic rings. The van der Waals surface area contributed by atoms with E-state index in [-0.39, 0.29) is 12.5 Å². The lowest BCUT2D eigenvalue weighted by Crippen LogP contribution is -2.41. The van der Waals surface area contributed by atoms with E-state index in [1.807, 2.05) is 60.8 Å². The van der Waals surface area contributed by atoms with E-state index < -0.39 is 11.6 Å². The Bertz CT molecular complexity index is 1080. The number of nitrogens with zero attached hydrogens (tertiary/aromatic N) is 2. The Morgan fingerprint density at radius 1 is 1.14 bits per heavy atom. The van der Waals surface area contributed by atoms with Gasteiger partial charge in [0.1, 0.15) is 5.54 Å². The lowest BCUT2D eigenvalue weighted by molar-refractivity contribution is -0.131. The summed E-state index contributed by atoms with van der Waals surface area (Å²) in [6, 6.07) is 14.8. The van der Waals surface area contributed by atoms with Gasteiger partial charge in [-0.1, -0.05) is 48.0 Å². The van der Waals surface area contributed by atoms with E-state index in [4.69, 9.17) is 11.6 Å². The number of carbonyl (C=O) groups excluding carboxylic acids is 2. The van der Waals surface area contributed by atoms with Crippen LogP contribution in [0.4, 0.5) is 4.79 Å². The maximum Gasteiger partial charge on any atom is 0.325 e. The van der Waals surface area contributed by atoms with Crippen molar-refractivity contribution in [3.63, 3.8) is 0 Å². The third-order valence-corrected chi connectivity index (χ3v) is 6.30. The molecule has 5 nitrogen and oxygen atoms in total. The van der Waals surface area contributed by atoms with Crippen LogP contribution >= 0.6 is 22.9 Å². The summed E-state index contributed by atoms with van der Waals surface area (Å²) in [4.78, 5) is 31.6. The number of urea groups is 1. The molecule has 0 radical (unpaired) electrons. The highest BCUT2D eigenvalue weighted by Crippen LogP contribution is 2.32. The van der Waals surface area contributed by atoms with Crippen molar-refractivity contribution < 1.29 is 9.59 Å². The van der Waals surface area contributed by atoms with Crippen LogP contribution in [0.25, 0.3) is 0 Å². The minimum atomic E-state index is -1.06. The largest absolute Gasteiger partial charge is 0.325 e. The van der Waals surface area contributed by atoms with Gasteiger partial charge in [-0.3, -0.25) is 9.69 Å². The van der Waals surface area contributed by atoms with Gasteiger partial charge in [0.25, 0.3) is 5.91 Å². The molecule has 1 aliphatic heterocycles. The van der Waals surface area contributed by atoms with Gasteiger partial charge < -0.3 is 5.32 Å². The van der Waals surface area contributed by atoms with Gasteiger partial charge in [0.05, 0.1) is 17.2 Å². The summed E-state index contributed by atoms with van der Waals surface area (Å²) in [6.07, 6.45) is 0.683. The van der Waals surface area contributed by atoms with Crippen molar-refractivity contribution in [1.29, 1.82) is 0 Å². The fourth-order valence-electron chi connectivity index (χ4n) is 3.60. The third kappa shape index (κ3) is 3.78. The summed E-state index contributed by atoms with van der Waals surface area (Å²) in [5.74, 6) is -0.260. The molecule has 1 saturated heterocycles. The number of thiazole rings is 1. The predicted molar refractivity (Wildman–Crippen MR) is 114 cm³/mol.